The molecule has 0 saturated carbocycles. The van der Waals surface area contributed by atoms with Crippen LogP contribution in [0.15, 0.2) is 0 Å². The smallest absolute Gasteiger partial charge is 0.317 e. The topological polar surface area (TPSA) is 26.3 Å². The minimum atomic E-state index is -1.62. The highest BCUT2D eigenvalue weighted by Crippen LogP contribution is 2.40. The van der Waals surface area contributed by atoms with Gasteiger partial charge in [-0.2, -0.15) is 0 Å². The summed E-state index contributed by atoms with van der Waals surface area (Å²) in [6.45, 7) is 3.06. The maximum Gasteiger partial charge on any atom is 0.317 e. The number of esters is 1. The molecule has 0 fully saturated rings. The second kappa shape index (κ2) is 4.36. The SMILES string of the molecule is CC(C)(OC(=O)CBr)C(Cl)(Cl)Cl. The quantitative estimate of drug-likeness (QED) is 0.578. The minimum Gasteiger partial charge on any atom is -0.454 e. The molecule has 0 atom stereocenters. The Kier molecular flexibility index (Phi) is 4.66. The number of rotatable bonds is 2. The van der Waals surface area contributed by atoms with Crippen molar-refractivity contribution >= 4 is 56.7 Å². The zero-order valence-corrected chi connectivity index (χ0v) is 10.4. The summed E-state index contributed by atoms with van der Waals surface area (Å²) in [6, 6.07) is 0. The van der Waals surface area contributed by atoms with Crippen molar-refractivity contribution < 1.29 is 9.53 Å². The average molecular weight is 298 g/mol. The van der Waals surface area contributed by atoms with Crippen LogP contribution in [-0.4, -0.2) is 20.7 Å². The third-order valence-electron chi connectivity index (χ3n) is 1.16. The lowest BCUT2D eigenvalue weighted by atomic mass is 10.2. The first kappa shape index (κ1) is 12.8. The highest BCUT2D eigenvalue weighted by atomic mass is 79.9. The van der Waals surface area contributed by atoms with E-state index in [1.54, 1.807) is 0 Å². The van der Waals surface area contributed by atoms with Crippen LogP contribution in [0.4, 0.5) is 0 Å². The number of carbonyl (C=O) groups is 1. The van der Waals surface area contributed by atoms with Crippen molar-refractivity contribution in [3.05, 3.63) is 0 Å². The molecule has 0 aromatic carbocycles. The Morgan fingerprint density at radius 2 is 1.83 bits per heavy atom. The van der Waals surface area contributed by atoms with E-state index in [1.807, 2.05) is 0 Å². The fraction of sp³-hybridized carbons (Fsp3) is 0.833. The Labute approximate surface area is 94.6 Å². The summed E-state index contributed by atoms with van der Waals surface area (Å²) in [4.78, 5) is 10.8. The van der Waals surface area contributed by atoms with Crippen molar-refractivity contribution in [3.8, 4) is 0 Å². The van der Waals surface area contributed by atoms with Crippen LogP contribution in [-0.2, 0) is 9.53 Å². The Bertz CT molecular complexity index is 176. The molecule has 0 aromatic rings. The molecule has 0 aliphatic rings. The first-order valence-corrected chi connectivity index (χ1v) is 5.31. The predicted octanol–water partition coefficient (Wildman–Crippen LogP) is 3.07. The molecule has 2 nitrogen and oxygen atoms in total. The van der Waals surface area contributed by atoms with E-state index in [-0.39, 0.29) is 5.33 Å². The molecule has 6 heteroatoms. The van der Waals surface area contributed by atoms with Crippen LogP contribution < -0.4 is 0 Å². The zero-order chi connectivity index (χ0) is 9.99. The summed E-state index contributed by atoms with van der Waals surface area (Å²) < 4.78 is 3.25. The lowest BCUT2D eigenvalue weighted by Gasteiger charge is -2.31. The van der Waals surface area contributed by atoms with Crippen LogP contribution >= 0.6 is 50.7 Å². The molecular formula is C6H8BrCl3O2. The second-order valence-corrected chi connectivity index (χ2v) is 5.46. The lowest BCUT2D eigenvalue weighted by Crippen LogP contribution is -2.41. The number of alkyl halides is 4. The van der Waals surface area contributed by atoms with E-state index in [1.165, 1.54) is 13.8 Å². The van der Waals surface area contributed by atoms with E-state index < -0.39 is 15.4 Å². The summed E-state index contributed by atoms with van der Waals surface area (Å²) in [7, 11) is 0. The largest absolute Gasteiger partial charge is 0.454 e. The molecular weight excluding hydrogens is 290 g/mol. The molecule has 0 spiro atoms. The standard InChI is InChI=1S/C6H8BrCl3O2/c1-5(2,6(8,9)10)12-4(11)3-7/h3H2,1-2H3. The number of hydrogen-bond acceptors (Lipinski definition) is 2. The van der Waals surface area contributed by atoms with Crippen LogP contribution in [0.2, 0.25) is 0 Å². The summed E-state index contributed by atoms with van der Waals surface area (Å²) in [5.74, 6) is -0.466. The summed E-state index contributed by atoms with van der Waals surface area (Å²) >= 11 is 19.6. The Balaban J connectivity index is 4.33. The van der Waals surface area contributed by atoms with Gasteiger partial charge in [-0.3, -0.25) is 4.79 Å². The zero-order valence-electron chi connectivity index (χ0n) is 6.54. The predicted molar refractivity (Wildman–Crippen MR) is 54.3 cm³/mol. The molecule has 0 rings (SSSR count). The van der Waals surface area contributed by atoms with Crippen molar-refractivity contribution in [2.24, 2.45) is 0 Å². The van der Waals surface area contributed by atoms with Crippen LogP contribution in [0.1, 0.15) is 13.8 Å². The fourth-order valence-corrected chi connectivity index (χ4v) is 0.600. The minimum absolute atomic E-state index is 0.0805. The maximum absolute atomic E-state index is 10.8. The van der Waals surface area contributed by atoms with Gasteiger partial charge < -0.3 is 4.74 Å². The third kappa shape index (κ3) is 3.69. The van der Waals surface area contributed by atoms with Gasteiger partial charge in [0.2, 0.25) is 3.79 Å². The van der Waals surface area contributed by atoms with Crippen molar-refractivity contribution in [1.29, 1.82) is 0 Å². The van der Waals surface area contributed by atoms with Crippen molar-refractivity contribution in [2.75, 3.05) is 5.33 Å². The molecule has 0 aliphatic carbocycles. The Morgan fingerprint density at radius 1 is 1.42 bits per heavy atom. The van der Waals surface area contributed by atoms with Crippen LogP contribution in [0.3, 0.4) is 0 Å². The number of hydrogen-bond donors (Lipinski definition) is 0. The van der Waals surface area contributed by atoms with Gasteiger partial charge in [0.25, 0.3) is 0 Å². The van der Waals surface area contributed by atoms with Crippen LogP contribution in [0.5, 0.6) is 0 Å². The van der Waals surface area contributed by atoms with Crippen LogP contribution in [0, 0.1) is 0 Å². The van der Waals surface area contributed by atoms with E-state index in [4.69, 9.17) is 39.5 Å². The normalized spacial score (nSPS) is 12.8. The van der Waals surface area contributed by atoms with E-state index in [9.17, 15) is 4.79 Å². The highest BCUT2D eigenvalue weighted by molar-refractivity contribution is 9.09. The molecule has 0 unspecified atom stereocenters. The van der Waals surface area contributed by atoms with E-state index in [0.717, 1.165) is 0 Å². The first-order chi connectivity index (χ1) is 5.20. The van der Waals surface area contributed by atoms with Gasteiger partial charge in [0, 0.05) is 0 Å². The third-order valence-corrected chi connectivity index (χ3v) is 2.98. The van der Waals surface area contributed by atoms with Gasteiger partial charge in [-0.15, -0.1) is 0 Å². The molecule has 12 heavy (non-hydrogen) atoms. The highest BCUT2D eigenvalue weighted by Gasteiger charge is 2.43. The van der Waals surface area contributed by atoms with Gasteiger partial charge in [-0.05, 0) is 13.8 Å². The van der Waals surface area contributed by atoms with E-state index >= 15 is 0 Å². The van der Waals surface area contributed by atoms with Crippen LogP contribution in [0.25, 0.3) is 0 Å². The lowest BCUT2D eigenvalue weighted by molar-refractivity contribution is -0.152. The molecule has 0 bridgehead atoms. The Hall–Kier alpha value is 0.820. The molecule has 0 N–H and O–H groups in total. The monoisotopic (exact) mass is 296 g/mol. The van der Waals surface area contributed by atoms with Gasteiger partial charge in [0.1, 0.15) is 5.33 Å². The first-order valence-electron chi connectivity index (χ1n) is 3.05. The fourth-order valence-electron chi connectivity index (χ4n) is 0.370. The molecule has 0 amide bonds. The summed E-state index contributed by atoms with van der Waals surface area (Å²) in [5.41, 5.74) is -1.12. The van der Waals surface area contributed by atoms with Gasteiger partial charge in [0.05, 0.1) is 0 Å². The molecule has 0 aliphatic heterocycles. The molecule has 0 heterocycles. The molecule has 0 aromatic heterocycles. The molecule has 72 valence electrons. The summed E-state index contributed by atoms with van der Waals surface area (Å²) in [6.07, 6.45) is 0. The van der Waals surface area contributed by atoms with Gasteiger partial charge in [-0.25, -0.2) is 0 Å². The maximum atomic E-state index is 10.8. The number of ether oxygens (including phenoxy) is 1. The number of carbonyl (C=O) groups excluding carboxylic acids is 1. The molecule has 0 radical (unpaired) electrons. The van der Waals surface area contributed by atoms with Crippen molar-refractivity contribution in [2.45, 2.75) is 23.2 Å². The van der Waals surface area contributed by atoms with Gasteiger partial charge >= 0.3 is 5.97 Å². The van der Waals surface area contributed by atoms with E-state index in [0.29, 0.717) is 0 Å². The van der Waals surface area contributed by atoms with Crippen molar-refractivity contribution in [3.63, 3.8) is 0 Å². The van der Waals surface area contributed by atoms with Crippen molar-refractivity contribution in [1.82, 2.24) is 0 Å². The van der Waals surface area contributed by atoms with Gasteiger partial charge in [0.15, 0.2) is 5.60 Å². The molecule has 0 saturated heterocycles. The Morgan fingerprint density at radius 3 is 2.08 bits per heavy atom. The number of halogens is 4. The second-order valence-electron chi connectivity index (χ2n) is 2.62. The summed E-state index contributed by atoms with van der Waals surface area (Å²) in [5, 5.41) is 0.0805. The average Bonchev–Trinajstić information content (AvgIpc) is 1.84. The van der Waals surface area contributed by atoms with Gasteiger partial charge in [-0.1, -0.05) is 50.7 Å². The van der Waals surface area contributed by atoms with E-state index in [2.05, 4.69) is 15.9 Å².